The number of nitrogens with zero attached hydrogens (tertiary/aromatic N) is 2. The minimum atomic E-state index is -0.963. The van der Waals surface area contributed by atoms with Crippen LogP contribution in [0.15, 0.2) is 36.4 Å². The molecule has 1 heterocycles. The van der Waals surface area contributed by atoms with Crippen LogP contribution in [-0.2, 0) is 0 Å². The van der Waals surface area contributed by atoms with Crippen molar-refractivity contribution >= 4 is 11.8 Å². The number of carboxylic acids is 1. The Bertz CT molecular complexity index is 607. The predicted octanol–water partition coefficient (Wildman–Crippen LogP) is 2.82. The number of carbonyl (C=O) groups is 1. The van der Waals surface area contributed by atoms with Crippen molar-refractivity contribution in [2.45, 2.75) is 6.92 Å². The Balaban J connectivity index is 2.76. The molecule has 19 heavy (non-hydrogen) atoms. The third kappa shape index (κ3) is 2.57. The van der Waals surface area contributed by atoms with Crippen LogP contribution in [0, 0.1) is 6.92 Å². The maximum atomic E-state index is 11.6. The van der Waals surface area contributed by atoms with Gasteiger partial charge in [-0.2, -0.15) is 0 Å². The SMILES string of the molecule is Cc1cc(-c2ccccc2)c(C(=O)O)c(N(C)C)n1. The van der Waals surface area contributed by atoms with Gasteiger partial charge in [0.25, 0.3) is 0 Å². The lowest BCUT2D eigenvalue weighted by molar-refractivity contribution is 0.0698. The average Bonchev–Trinajstić information content (AvgIpc) is 2.38. The summed E-state index contributed by atoms with van der Waals surface area (Å²) >= 11 is 0. The van der Waals surface area contributed by atoms with E-state index in [9.17, 15) is 9.90 Å². The summed E-state index contributed by atoms with van der Waals surface area (Å²) in [6, 6.07) is 11.3. The summed E-state index contributed by atoms with van der Waals surface area (Å²) in [7, 11) is 3.59. The van der Waals surface area contributed by atoms with Crippen LogP contribution in [0.3, 0.4) is 0 Å². The van der Waals surface area contributed by atoms with E-state index in [4.69, 9.17) is 0 Å². The van der Waals surface area contributed by atoms with Gasteiger partial charge in [-0.15, -0.1) is 0 Å². The molecule has 0 fully saturated rings. The third-order valence-electron chi connectivity index (χ3n) is 2.85. The zero-order valence-electron chi connectivity index (χ0n) is 11.2. The molecule has 98 valence electrons. The highest BCUT2D eigenvalue weighted by atomic mass is 16.4. The lowest BCUT2D eigenvalue weighted by atomic mass is 9.99. The fraction of sp³-hybridized carbons (Fsp3) is 0.200. The second-order valence-electron chi connectivity index (χ2n) is 4.58. The van der Waals surface area contributed by atoms with Gasteiger partial charge in [-0.3, -0.25) is 0 Å². The summed E-state index contributed by atoms with van der Waals surface area (Å²) in [5, 5.41) is 9.48. The maximum absolute atomic E-state index is 11.6. The molecule has 2 aromatic rings. The molecular formula is C15H16N2O2. The summed E-state index contributed by atoms with van der Waals surface area (Å²) in [6.45, 7) is 1.87. The number of hydrogen-bond acceptors (Lipinski definition) is 3. The fourth-order valence-corrected chi connectivity index (χ4v) is 2.04. The largest absolute Gasteiger partial charge is 0.478 e. The van der Waals surface area contributed by atoms with Crippen LogP contribution in [0.1, 0.15) is 16.1 Å². The second-order valence-corrected chi connectivity index (χ2v) is 4.58. The van der Waals surface area contributed by atoms with Gasteiger partial charge < -0.3 is 10.0 Å². The Hall–Kier alpha value is -2.36. The Kier molecular flexibility index (Phi) is 3.51. The van der Waals surface area contributed by atoms with Crippen molar-refractivity contribution < 1.29 is 9.90 Å². The molecule has 0 saturated heterocycles. The minimum absolute atomic E-state index is 0.238. The van der Waals surface area contributed by atoms with E-state index in [1.54, 1.807) is 19.0 Å². The molecule has 0 spiro atoms. The van der Waals surface area contributed by atoms with E-state index in [0.29, 0.717) is 11.4 Å². The highest BCUT2D eigenvalue weighted by Crippen LogP contribution is 2.30. The fourth-order valence-electron chi connectivity index (χ4n) is 2.04. The van der Waals surface area contributed by atoms with Gasteiger partial charge in [-0.1, -0.05) is 30.3 Å². The quantitative estimate of drug-likeness (QED) is 0.917. The topological polar surface area (TPSA) is 53.4 Å². The highest BCUT2D eigenvalue weighted by molar-refractivity contribution is 6.01. The van der Waals surface area contributed by atoms with E-state index < -0.39 is 5.97 Å². The highest BCUT2D eigenvalue weighted by Gasteiger charge is 2.20. The molecule has 2 rings (SSSR count). The van der Waals surface area contributed by atoms with Crippen molar-refractivity contribution in [3.8, 4) is 11.1 Å². The van der Waals surface area contributed by atoms with E-state index in [2.05, 4.69) is 4.98 Å². The standard InChI is InChI=1S/C15H16N2O2/c1-10-9-12(11-7-5-4-6-8-11)13(15(18)19)14(16-10)17(2)3/h4-9H,1-3H3,(H,18,19). The molecule has 0 amide bonds. The molecule has 0 aliphatic heterocycles. The maximum Gasteiger partial charge on any atom is 0.340 e. The molecule has 0 unspecified atom stereocenters. The zero-order valence-corrected chi connectivity index (χ0v) is 11.2. The first kappa shape index (κ1) is 13.1. The van der Waals surface area contributed by atoms with Gasteiger partial charge in [0, 0.05) is 25.4 Å². The summed E-state index contributed by atoms with van der Waals surface area (Å²) in [5.41, 5.74) is 2.62. The van der Waals surface area contributed by atoms with Crippen molar-refractivity contribution in [2.75, 3.05) is 19.0 Å². The van der Waals surface area contributed by atoms with Crippen LogP contribution >= 0.6 is 0 Å². The van der Waals surface area contributed by atoms with Gasteiger partial charge in [0.1, 0.15) is 11.4 Å². The summed E-state index contributed by atoms with van der Waals surface area (Å²) in [6.07, 6.45) is 0. The van der Waals surface area contributed by atoms with Crippen molar-refractivity contribution in [3.63, 3.8) is 0 Å². The second kappa shape index (κ2) is 5.10. The molecule has 0 bridgehead atoms. The van der Waals surface area contributed by atoms with Crippen LogP contribution < -0.4 is 4.90 Å². The number of benzene rings is 1. The first-order valence-corrected chi connectivity index (χ1v) is 5.98. The lowest BCUT2D eigenvalue weighted by Gasteiger charge is -2.18. The van der Waals surface area contributed by atoms with Crippen molar-refractivity contribution in [2.24, 2.45) is 0 Å². The number of pyridine rings is 1. The number of anilines is 1. The molecule has 0 aliphatic rings. The average molecular weight is 256 g/mol. The van der Waals surface area contributed by atoms with E-state index in [1.807, 2.05) is 43.3 Å². The summed E-state index contributed by atoms with van der Waals surface area (Å²) in [4.78, 5) is 17.6. The first-order chi connectivity index (χ1) is 9.00. The van der Waals surface area contributed by atoms with Crippen LogP contribution in [-0.4, -0.2) is 30.2 Å². The molecule has 4 heteroatoms. The van der Waals surface area contributed by atoms with Gasteiger partial charge in [-0.05, 0) is 18.6 Å². The molecule has 0 saturated carbocycles. The van der Waals surface area contributed by atoms with Crippen molar-refractivity contribution in [1.82, 2.24) is 4.98 Å². The predicted molar refractivity (Wildman–Crippen MR) is 75.7 cm³/mol. The van der Waals surface area contributed by atoms with Crippen LogP contribution in [0.2, 0.25) is 0 Å². The van der Waals surface area contributed by atoms with Gasteiger partial charge in [0.2, 0.25) is 0 Å². The molecule has 1 N–H and O–H groups in total. The molecule has 0 atom stereocenters. The summed E-state index contributed by atoms with van der Waals surface area (Å²) < 4.78 is 0. The zero-order chi connectivity index (χ0) is 14.0. The monoisotopic (exact) mass is 256 g/mol. The van der Waals surface area contributed by atoms with Gasteiger partial charge in [0.05, 0.1) is 0 Å². The Labute approximate surface area is 112 Å². The number of aromatic carboxylic acids is 1. The molecule has 4 nitrogen and oxygen atoms in total. The van der Waals surface area contributed by atoms with Gasteiger partial charge >= 0.3 is 5.97 Å². The smallest absolute Gasteiger partial charge is 0.340 e. The van der Waals surface area contributed by atoms with Crippen LogP contribution in [0.5, 0.6) is 0 Å². The third-order valence-corrected chi connectivity index (χ3v) is 2.85. The normalized spacial score (nSPS) is 10.3. The number of aryl methyl sites for hydroxylation is 1. The molecule has 1 aromatic carbocycles. The number of rotatable bonds is 3. The van der Waals surface area contributed by atoms with Gasteiger partial charge in [-0.25, -0.2) is 9.78 Å². The molecule has 1 aromatic heterocycles. The Morgan fingerprint density at radius 2 is 1.84 bits per heavy atom. The molecular weight excluding hydrogens is 240 g/mol. The Morgan fingerprint density at radius 3 is 2.37 bits per heavy atom. The van der Waals surface area contributed by atoms with E-state index in [1.165, 1.54) is 0 Å². The molecule has 0 radical (unpaired) electrons. The van der Waals surface area contributed by atoms with Crippen LogP contribution in [0.4, 0.5) is 5.82 Å². The Morgan fingerprint density at radius 1 is 1.21 bits per heavy atom. The summed E-state index contributed by atoms with van der Waals surface area (Å²) in [5.74, 6) is -0.485. The van der Waals surface area contributed by atoms with E-state index in [0.717, 1.165) is 11.3 Å². The van der Waals surface area contributed by atoms with Crippen LogP contribution in [0.25, 0.3) is 11.1 Å². The number of hydrogen-bond donors (Lipinski definition) is 1. The van der Waals surface area contributed by atoms with Crippen molar-refractivity contribution in [1.29, 1.82) is 0 Å². The van der Waals surface area contributed by atoms with E-state index >= 15 is 0 Å². The number of carboxylic acid groups (broad SMARTS) is 1. The van der Waals surface area contributed by atoms with Crippen molar-refractivity contribution in [3.05, 3.63) is 47.7 Å². The van der Waals surface area contributed by atoms with E-state index in [-0.39, 0.29) is 5.56 Å². The van der Waals surface area contributed by atoms with Gasteiger partial charge in [0.15, 0.2) is 0 Å². The lowest BCUT2D eigenvalue weighted by Crippen LogP contribution is -2.17. The number of aromatic nitrogens is 1. The first-order valence-electron chi connectivity index (χ1n) is 5.98. The molecule has 0 aliphatic carbocycles. The minimum Gasteiger partial charge on any atom is -0.478 e.